The Hall–Kier alpha value is -3.11. The molecule has 0 saturated heterocycles. The molecule has 0 radical (unpaired) electrons. The number of aliphatic carboxylic acids is 1. The quantitative estimate of drug-likeness (QED) is 0.419. The predicted molar refractivity (Wildman–Crippen MR) is 141 cm³/mol. The Balaban J connectivity index is 1.88. The summed E-state index contributed by atoms with van der Waals surface area (Å²) in [5.41, 5.74) is 1.28. The number of carboxylic acid groups (broad SMARTS) is 1. The summed E-state index contributed by atoms with van der Waals surface area (Å²) in [5, 5.41) is 9.39. The van der Waals surface area contributed by atoms with E-state index in [0.29, 0.717) is 31.2 Å². The SMILES string of the molecule is CCOC(=O)C1=C(C)N=c2s/c(=C\c3cc(Cl)c(OCC(=O)O)c(Cl)c3)c(=O)n2[C@@H]1c1ccccc1Cl. The molecular weight excluding hydrogens is 563 g/mol. The number of allylic oxidation sites excluding steroid dienone is 1. The number of nitrogens with zero attached hydrogens (tertiary/aromatic N) is 2. The highest BCUT2D eigenvalue weighted by Crippen LogP contribution is 2.35. The van der Waals surface area contributed by atoms with Gasteiger partial charge < -0.3 is 14.6 Å². The zero-order chi connectivity index (χ0) is 26.9. The van der Waals surface area contributed by atoms with Crippen LogP contribution in [0.3, 0.4) is 0 Å². The Morgan fingerprint density at radius 3 is 2.46 bits per heavy atom. The molecule has 1 N–H and O–H groups in total. The first-order valence-corrected chi connectivity index (χ1v) is 12.8. The van der Waals surface area contributed by atoms with Crippen LogP contribution >= 0.6 is 46.1 Å². The summed E-state index contributed by atoms with van der Waals surface area (Å²) >= 11 is 20.1. The molecule has 1 atom stereocenters. The van der Waals surface area contributed by atoms with Crippen LogP contribution in [0.25, 0.3) is 6.08 Å². The average molecular weight is 582 g/mol. The molecule has 0 amide bonds. The van der Waals surface area contributed by atoms with E-state index in [1.54, 1.807) is 44.2 Å². The fourth-order valence-corrected chi connectivity index (χ4v) is 5.77. The number of rotatable bonds is 7. The van der Waals surface area contributed by atoms with E-state index in [0.717, 1.165) is 11.3 Å². The van der Waals surface area contributed by atoms with E-state index in [2.05, 4.69) is 4.99 Å². The van der Waals surface area contributed by atoms with Gasteiger partial charge in [-0.15, -0.1) is 0 Å². The summed E-state index contributed by atoms with van der Waals surface area (Å²) in [6.07, 6.45) is 1.58. The first-order chi connectivity index (χ1) is 17.6. The van der Waals surface area contributed by atoms with Gasteiger partial charge in [0.2, 0.25) is 0 Å². The number of ether oxygens (including phenoxy) is 2. The highest BCUT2D eigenvalue weighted by Gasteiger charge is 2.34. The van der Waals surface area contributed by atoms with Crippen molar-refractivity contribution in [3.05, 3.63) is 93.6 Å². The number of halogens is 3. The molecule has 0 bridgehead atoms. The van der Waals surface area contributed by atoms with Crippen molar-refractivity contribution in [3.8, 4) is 5.75 Å². The van der Waals surface area contributed by atoms with Crippen LogP contribution in [0.15, 0.2) is 57.5 Å². The van der Waals surface area contributed by atoms with E-state index in [4.69, 9.17) is 49.4 Å². The number of carbonyl (C=O) groups excluding carboxylic acids is 1. The van der Waals surface area contributed by atoms with E-state index in [9.17, 15) is 14.4 Å². The van der Waals surface area contributed by atoms with Crippen molar-refractivity contribution < 1.29 is 24.2 Å². The van der Waals surface area contributed by atoms with Crippen molar-refractivity contribution in [2.24, 2.45) is 4.99 Å². The second-order valence-electron chi connectivity index (χ2n) is 7.82. The molecule has 1 aromatic heterocycles. The van der Waals surface area contributed by atoms with Gasteiger partial charge in [-0.25, -0.2) is 14.6 Å². The predicted octanol–water partition coefficient (Wildman–Crippen LogP) is 4.22. The van der Waals surface area contributed by atoms with E-state index < -0.39 is 30.1 Å². The van der Waals surface area contributed by atoms with Crippen LogP contribution in [0.1, 0.15) is 31.0 Å². The van der Waals surface area contributed by atoms with Crippen LogP contribution in [0.5, 0.6) is 5.75 Å². The zero-order valence-electron chi connectivity index (χ0n) is 19.5. The molecule has 0 saturated carbocycles. The summed E-state index contributed by atoms with van der Waals surface area (Å²) in [6.45, 7) is 2.93. The minimum atomic E-state index is -1.18. The van der Waals surface area contributed by atoms with Gasteiger partial charge in [0, 0.05) is 5.02 Å². The molecule has 0 aliphatic carbocycles. The van der Waals surface area contributed by atoms with E-state index in [1.165, 1.54) is 16.7 Å². The topological polar surface area (TPSA) is 107 Å². The van der Waals surface area contributed by atoms with Crippen LogP contribution < -0.4 is 19.6 Å². The molecule has 8 nitrogen and oxygen atoms in total. The Morgan fingerprint density at radius 1 is 1.16 bits per heavy atom. The maximum Gasteiger partial charge on any atom is 0.341 e. The van der Waals surface area contributed by atoms with Gasteiger partial charge in [0.15, 0.2) is 17.2 Å². The highest BCUT2D eigenvalue weighted by molar-refractivity contribution is 7.07. The summed E-state index contributed by atoms with van der Waals surface area (Å²) in [5.74, 6) is -1.74. The zero-order valence-corrected chi connectivity index (χ0v) is 22.5. The van der Waals surface area contributed by atoms with Crippen molar-refractivity contribution >= 4 is 64.2 Å². The molecule has 1 aliphatic heterocycles. The second-order valence-corrected chi connectivity index (χ2v) is 10.1. The summed E-state index contributed by atoms with van der Waals surface area (Å²) < 4.78 is 12.1. The molecule has 37 heavy (non-hydrogen) atoms. The Labute approximate surface area is 229 Å². The van der Waals surface area contributed by atoms with Crippen LogP contribution in [0, 0.1) is 0 Å². The van der Waals surface area contributed by atoms with Crippen LogP contribution in [-0.2, 0) is 14.3 Å². The standard InChI is InChI=1S/C25H19Cl3N2O6S/c1-3-35-24(34)20-12(2)29-25-30(21(20)14-6-4-5-7-15(14)26)23(33)18(37-25)10-13-8-16(27)22(17(28)9-13)36-11-19(31)32/h4-10,21H,3,11H2,1-2H3,(H,31,32)/b18-10-/t21-/m1/s1. The lowest BCUT2D eigenvalue weighted by atomic mass is 9.96. The maximum atomic E-state index is 13.7. The third kappa shape index (κ3) is 5.45. The van der Waals surface area contributed by atoms with Crippen molar-refractivity contribution in [2.75, 3.05) is 13.2 Å². The minimum Gasteiger partial charge on any atom is -0.479 e. The number of thiazole rings is 1. The molecule has 4 rings (SSSR count). The lowest BCUT2D eigenvalue weighted by molar-refractivity contribution is -0.140. The van der Waals surface area contributed by atoms with Crippen LogP contribution in [0.2, 0.25) is 15.1 Å². The highest BCUT2D eigenvalue weighted by atomic mass is 35.5. The van der Waals surface area contributed by atoms with Gasteiger partial charge in [-0.3, -0.25) is 9.36 Å². The van der Waals surface area contributed by atoms with Gasteiger partial charge in [-0.2, -0.15) is 0 Å². The molecule has 0 fully saturated rings. The number of hydrogen-bond donors (Lipinski definition) is 1. The van der Waals surface area contributed by atoms with E-state index >= 15 is 0 Å². The lowest BCUT2D eigenvalue weighted by Crippen LogP contribution is -2.40. The molecule has 0 spiro atoms. The minimum absolute atomic E-state index is 0.0257. The van der Waals surface area contributed by atoms with Gasteiger partial charge in [-0.1, -0.05) is 64.3 Å². The van der Waals surface area contributed by atoms with Crippen molar-refractivity contribution in [2.45, 2.75) is 19.9 Å². The van der Waals surface area contributed by atoms with Crippen LogP contribution in [0.4, 0.5) is 0 Å². The monoisotopic (exact) mass is 580 g/mol. The smallest absolute Gasteiger partial charge is 0.341 e. The molecule has 3 aromatic rings. The molecule has 2 aromatic carbocycles. The first-order valence-electron chi connectivity index (χ1n) is 10.9. The normalized spacial score (nSPS) is 15.3. The summed E-state index contributed by atoms with van der Waals surface area (Å²) in [4.78, 5) is 42.3. The second kappa shape index (κ2) is 11.1. The fraction of sp³-hybridized carbons (Fsp3) is 0.200. The van der Waals surface area contributed by atoms with Crippen molar-refractivity contribution in [1.82, 2.24) is 4.57 Å². The average Bonchev–Trinajstić information content (AvgIpc) is 3.12. The number of fused-ring (bicyclic) bond motifs is 1. The third-order valence-electron chi connectivity index (χ3n) is 5.38. The fourth-order valence-electron chi connectivity index (χ4n) is 3.87. The summed E-state index contributed by atoms with van der Waals surface area (Å²) in [6, 6.07) is 9.12. The largest absolute Gasteiger partial charge is 0.479 e. The number of carbonyl (C=O) groups is 2. The Bertz CT molecular complexity index is 1600. The molecule has 192 valence electrons. The number of esters is 1. The maximum absolute atomic E-state index is 13.7. The lowest BCUT2D eigenvalue weighted by Gasteiger charge is -2.25. The number of hydrogen-bond acceptors (Lipinski definition) is 7. The van der Waals surface area contributed by atoms with E-state index in [-0.39, 0.29) is 28.0 Å². The van der Waals surface area contributed by atoms with Gasteiger partial charge in [0.1, 0.15) is 6.04 Å². The van der Waals surface area contributed by atoms with Gasteiger partial charge in [0.05, 0.1) is 32.5 Å². The molecule has 2 heterocycles. The molecule has 1 aliphatic rings. The van der Waals surface area contributed by atoms with Crippen LogP contribution in [-0.4, -0.2) is 34.8 Å². The number of carboxylic acids is 1. The first kappa shape index (κ1) is 26.9. The molecular formula is C25H19Cl3N2O6S. The molecule has 12 heteroatoms. The van der Waals surface area contributed by atoms with Gasteiger partial charge in [-0.05, 0) is 49.2 Å². The number of benzene rings is 2. The van der Waals surface area contributed by atoms with Crippen molar-refractivity contribution in [1.29, 1.82) is 0 Å². The van der Waals surface area contributed by atoms with Gasteiger partial charge in [0.25, 0.3) is 5.56 Å². The molecule has 0 unspecified atom stereocenters. The van der Waals surface area contributed by atoms with Gasteiger partial charge >= 0.3 is 11.9 Å². The Morgan fingerprint density at radius 2 is 1.84 bits per heavy atom. The van der Waals surface area contributed by atoms with Crippen molar-refractivity contribution in [3.63, 3.8) is 0 Å². The number of aromatic nitrogens is 1. The Kier molecular flexibility index (Phi) is 8.08. The summed E-state index contributed by atoms with van der Waals surface area (Å²) in [7, 11) is 0. The third-order valence-corrected chi connectivity index (χ3v) is 7.26. The van der Waals surface area contributed by atoms with E-state index in [1.807, 2.05) is 0 Å².